The van der Waals surface area contributed by atoms with Crippen LogP contribution in [0.1, 0.15) is 19.4 Å². The van der Waals surface area contributed by atoms with E-state index in [0.717, 1.165) is 11.3 Å². The van der Waals surface area contributed by atoms with Gasteiger partial charge >= 0.3 is 0 Å². The molecule has 0 bridgehead atoms. The average molecular weight is 337 g/mol. The lowest BCUT2D eigenvalue weighted by atomic mass is 9.93. The van der Waals surface area contributed by atoms with Gasteiger partial charge in [-0.05, 0) is 31.0 Å². The van der Waals surface area contributed by atoms with Crippen LogP contribution in [-0.4, -0.2) is 48.4 Å². The predicted octanol–water partition coefficient (Wildman–Crippen LogP) is 2.11. The summed E-state index contributed by atoms with van der Waals surface area (Å²) in [6.45, 7) is 7.18. The normalized spacial score (nSPS) is 11.2. The third-order valence-corrected chi connectivity index (χ3v) is 4.35. The molecule has 3 N–H and O–H groups in total. The second-order valence-corrected chi connectivity index (χ2v) is 7.51. The van der Waals surface area contributed by atoms with E-state index in [0.29, 0.717) is 18.8 Å². The Labute approximate surface area is 143 Å². The SMILES string of the molecule is Cc1ccc(NC(=O)CSCC(=O)N(C)CC(C)(C)CN)cc1. The minimum absolute atomic E-state index is 0.0136. The molecule has 2 amide bonds. The summed E-state index contributed by atoms with van der Waals surface area (Å²) < 4.78 is 0. The van der Waals surface area contributed by atoms with Crippen molar-refractivity contribution in [2.75, 3.05) is 37.0 Å². The number of anilines is 1. The molecule has 1 aromatic carbocycles. The van der Waals surface area contributed by atoms with Crippen LogP contribution in [-0.2, 0) is 9.59 Å². The van der Waals surface area contributed by atoms with Crippen LogP contribution < -0.4 is 11.1 Å². The summed E-state index contributed by atoms with van der Waals surface area (Å²) in [7, 11) is 1.77. The molecular weight excluding hydrogens is 310 g/mol. The van der Waals surface area contributed by atoms with Gasteiger partial charge in [-0.25, -0.2) is 0 Å². The van der Waals surface area contributed by atoms with Crippen molar-refractivity contribution in [2.24, 2.45) is 11.1 Å². The monoisotopic (exact) mass is 337 g/mol. The highest BCUT2D eigenvalue weighted by Crippen LogP contribution is 2.15. The van der Waals surface area contributed by atoms with Gasteiger partial charge in [-0.15, -0.1) is 11.8 Å². The van der Waals surface area contributed by atoms with Gasteiger partial charge in [0.25, 0.3) is 0 Å². The topological polar surface area (TPSA) is 75.4 Å². The predicted molar refractivity (Wildman–Crippen MR) is 97.6 cm³/mol. The molecule has 0 aliphatic carbocycles. The van der Waals surface area contributed by atoms with E-state index < -0.39 is 0 Å². The number of hydrogen-bond donors (Lipinski definition) is 2. The van der Waals surface area contributed by atoms with Gasteiger partial charge in [0.2, 0.25) is 11.8 Å². The van der Waals surface area contributed by atoms with E-state index in [2.05, 4.69) is 5.32 Å². The van der Waals surface area contributed by atoms with Gasteiger partial charge in [0.05, 0.1) is 11.5 Å². The lowest BCUT2D eigenvalue weighted by molar-refractivity contribution is -0.128. The first-order valence-corrected chi connectivity index (χ1v) is 8.77. The highest BCUT2D eigenvalue weighted by molar-refractivity contribution is 8.00. The first-order chi connectivity index (χ1) is 10.7. The molecule has 0 spiro atoms. The number of hydrogen-bond acceptors (Lipinski definition) is 4. The number of rotatable bonds is 8. The number of nitrogens with two attached hydrogens (primary N) is 1. The van der Waals surface area contributed by atoms with Crippen LogP contribution in [0, 0.1) is 12.3 Å². The van der Waals surface area contributed by atoms with Gasteiger partial charge in [-0.3, -0.25) is 9.59 Å². The summed E-state index contributed by atoms with van der Waals surface area (Å²) in [5, 5.41) is 2.82. The van der Waals surface area contributed by atoms with Crippen molar-refractivity contribution in [3.05, 3.63) is 29.8 Å². The minimum atomic E-state index is -0.100. The van der Waals surface area contributed by atoms with Crippen LogP contribution in [0.15, 0.2) is 24.3 Å². The quantitative estimate of drug-likeness (QED) is 0.762. The summed E-state index contributed by atoms with van der Waals surface area (Å²) in [6, 6.07) is 7.62. The van der Waals surface area contributed by atoms with Crippen molar-refractivity contribution in [3.8, 4) is 0 Å². The lowest BCUT2D eigenvalue weighted by Gasteiger charge is -2.29. The van der Waals surface area contributed by atoms with Crippen LogP contribution in [0.4, 0.5) is 5.69 Å². The number of carbonyl (C=O) groups is 2. The van der Waals surface area contributed by atoms with Gasteiger partial charge < -0.3 is 16.0 Å². The number of aryl methyl sites for hydroxylation is 1. The summed E-state index contributed by atoms with van der Waals surface area (Å²) in [5.41, 5.74) is 7.50. The Morgan fingerprint density at radius 1 is 1.22 bits per heavy atom. The molecular formula is C17H27N3O2S. The van der Waals surface area contributed by atoms with E-state index in [4.69, 9.17) is 5.73 Å². The first-order valence-electron chi connectivity index (χ1n) is 7.62. The maximum Gasteiger partial charge on any atom is 0.234 e. The number of carbonyl (C=O) groups excluding carboxylic acids is 2. The molecule has 0 aromatic heterocycles. The minimum Gasteiger partial charge on any atom is -0.344 e. The average Bonchev–Trinajstić information content (AvgIpc) is 2.49. The third kappa shape index (κ3) is 7.52. The maximum atomic E-state index is 12.0. The van der Waals surface area contributed by atoms with Crippen molar-refractivity contribution >= 4 is 29.3 Å². The Morgan fingerprint density at radius 3 is 2.39 bits per heavy atom. The van der Waals surface area contributed by atoms with Crippen molar-refractivity contribution < 1.29 is 9.59 Å². The highest BCUT2D eigenvalue weighted by Gasteiger charge is 2.21. The van der Waals surface area contributed by atoms with E-state index in [1.165, 1.54) is 11.8 Å². The number of thioether (sulfide) groups is 1. The molecule has 1 aromatic rings. The summed E-state index contributed by atoms with van der Waals surface area (Å²) in [4.78, 5) is 25.6. The van der Waals surface area contributed by atoms with Gasteiger partial charge in [-0.2, -0.15) is 0 Å². The fourth-order valence-corrected chi connectivity index (χ4v) is 2.72. The molecule has 0 radical (unpaired) electrons. The van der Waals surface area contributed by atoms with Crippen molar-refractivity contribution in [2.45, 2.75) is 20.8 Å². The van der Waals surface area contributed by atoms with Crippen LogP contribution >= 0.6 is 11.8 Å². The van der Waals surface area contributed by atoms with Crippen molar-refractivity contribution in [1.82, 2.24) is 4.90 Å². The Morgan fingerprint density at radius 2 is 1.83 bits per heavy atom. The van der Waals surface area contributed by atoms with Crippen LogP contribution in [0.2, 0.25) is 0 Å². The zero-order chi connectivity index (χ0) is 17.5. The number of amides is 2. The Bertz CT molecular complexity index is 529. The van der Waals surface area contributed by atoms with E-state index in [1.807, 2.05) is 45.0 Å². The molecule has 0 fully saturated rings. The summed E-state index contributed by atoms with van der Waals surface area (Å²) in [6.07, 6.45) is 0. The van der Waals surface area contributed by atoms with Gasteiger partial charge in [0.1, 0.15) is 0 Å². The molecule has 0 atom stereocenters. The molecule has 0 heterocycles. The molecule has 23 heavy (non-hydrogen) atoms. The number of nitrogens with zero attached hydrogens (tertiary/aromatic N) is 1. The van der Waals surface area contributed by atoms with Crippen LogP contribution in [0.5, 0.6) is 0 Å². The third-order valence-electron chi connectivity index (χ3n) is 3.44. The molecule has 6 heteroatoms. The van der Waals surface area contributed by atoms with Crippen LogP contribution in [0.25, 0.3) is 0 Å². The lowest BCUT2D eigenvalue weighted by Crippen LogP contribution is -2.40. The molecule has 0 aliphatic rings. The fourth-order valence-electron chi connectivity index (χ4n) is 1.97. The Hall–Kier alpha value is -1.53. The second-order valence-electron chi connectivity index (χ2n) is 6.53. The standard InChI is InChI=1S/C17H27N3O2S/c1-13-5-7-14(8-6-13)19-15(21)9-23-10-16(22)20(4)12-17(2,3)11-18/h5-8H,9-12,18H2,1-4H3,(H,19,21). The second kappa shape index (κ2) is 8.93. The van der Waals surface area contributed by atoms with E-state index >= 15 is 0 Å². The molecule has 5 nitrogen and oxygen atoms in total. The van der Waals surface area contributed by atoms with Gasteiger partial charge in [0, 0.05) is 19.3 Å². The maximum absolute atomic E-state index is 12.0. The molecule has 1 rings (SSSR count). The molecule has 0 unspecified atom stereocenters. The molecule has 128 valence electrons. The summed E-state index contributed by atoms with van der Waals surface area (Å²) in [5.74, 6) is 0.461. The molecule has 0 saturated carbocycles. The van der Waals surface area contributed by atoms with E-state index in [9.17, 15) is 9.59 Å². The van der Waals surface area contributed by atoms with Gasteiger partial charge in [0.15, 0.2) is 0 Å². The van der Waals surface area contributed by atoms with E-state index in [-0.39, 0.29) is 23.0 Å². The molecule has 0 saturated heterocycles. The van der Waals surface area contributed by atoms with Crippen molar-refractivity contribution in [1.29, 1.82) is 0 Å². The van der Waals surface area contributed by atoms with Gasteiger partial charge in [-0.1, -0.05) is 31.5 Å². The fraction of sp³-hybridized carbons (Fsp3) is 0.529. The number of benzene rings is 1. The molecule has 0 aliphatic heterocycles. The summed E-state index contributed by atoms with van der Waals surface area (Å²) >= 11 is 1.32. The zero-order valence-electron chi connectivity index (χ0n) is 14.4. The smallest absolute Gasteiger partial charge is 0.234 e. The highest BCUT2D eigenvalue weighted by atomic mass is 32.2. The Kier molecular flexibility index (Phi) is 7.58. The first kappa shape index (κ1) is 19.5. The largest absolute Gasteiger partial charge is 0.344 e. The number of nitrogens with one attached hydrogen (secondary N) is 1. The van der Waals surface area contributed by atoms with Crippen molar-refractivity contribution in [3.63, 3.8) is 0 Å². The Balaban J connectivity index is 2.31. The van der Waals surface area contributed by atoms with Crippen LogP contribution in [0.3, 0.4) is 0 Å². The zero-order valence-corrected chi connectivity index (χ0v) is 15.2. The van der Waals surface area contributed by atoms with E-state index in [1.54, 1.807) is 11.9 Å².